The maximum Gasteiger partial charge on any atom is 0.130 e. The van der Waals surface area contributed by atoms with Crippen molar-refractivity contribution in [3.63, 3.8) is 0 Å². The van der Waals surface area contributed by atoms with Gasteiger partial charge in [-0.15, -0.1) is 0 Å². The van der Waals surface area contributed by atoms with Crippen LogP contribution in [-0.4, -0.2) is 17.5 Å². The summed E-state index contributed by atoms with van der Waals surface area (Å²) in [5, 5.41) is 3.50. The van der Waals surface area contributed by atoms with Crippen LogP contribution >= 0.6 is 11.8 Å². The lowest BCUT2D eigenvalue weighted by molar-refractivity contribution is 0.230. The molecule has 0 bridgehead atoms. The molecule has 0 aliphatic carbocycles. The molecule has 2 atom stereocenters. The van der Waals surface area contributed by atoms with E-state index in [0.717, 1.165) is 18.2 Å². The number of thioether (sulfide) groups is 1. The molecule has 2 unspecified atom stereocenters. The number of benzene rings is 1. The lowest BCUT2D eigenvalue weighted by Crippen LogP contribution is -2.47. The molecule has 2 rings (SSSR count). The minimum atomic E-state index is -0.526. The summed E-state index contributed by atoms with van der Waals surface area (Å²) in [5.74, 6) is 1.23. The van der Waals surface area contributed by atoms with Gasteiger partial charge in [0.1, 0.15) is 11.6 Å². The van der Waals surface area contributed by atoms with Gasteiger partial charge < -0.3 is 5.32 Å². The molecule has 106 valence electrons. The van der Waals surface area contributed by atoms with Gasteiger partial charge in [0.25, 0.3) is 0 Å². The molecule has 0 spiro atoms. The van der Waals surface area contributed by atoms with Crippen molar-refractivity contribution < 1.29 is 8.78 Å². The van der Waals surface area contributed by atoms with Crippen LogP contribution in [0.5, 0.6) is 0 Å². The molecular formula is C15H21F2NS. The Kier molecular flexibility index (Phi) is 4.51. The zero-order valence-corrected chi connectivity index (χ0v) is 12.5. The van der Waals surface area contributed by atoms with Crippen molar-refractivity contribution in [2.45, 2.75) is 39.3 Å². The van der Waals surface area contributed by atoms with E-state index in [4.69, 9.17) is 0 Å². The molecule has 1 aliphatic rings. The van der Waals surface area contributed by atoms with Gasteiger partial charge in [-0.3, -0.25) is 0 Å². The molecular weight excluding hydrogens is 264 g/mol. The fourth-order valence-corrected chi connectivity index (χ4v) is 4.07. The number of halogens is 2. The second-order valence-corrected chi connectivity index (χ2v) is 7.07. The third kappa shape index (κ3) is 3.48. The molecule has 0 aromatic heterocycles. The lowest BCUT2D eigenvalue weighted by Gasteiger charge is -2.40. The van der Waals surface area contributed by atoms with Gasteiger partial charge in [0.15, 0.2) is 0 Å². The predicted octanol–water partition coefficient (Wildman–Crippen LogP) is 4.15. The Hall–Kier alpha value is -0.610. The van der Waals surface area contributed by atoms with Gasteiger partial charge in [0.05, 0.1) is 0 Å². The highest BCUT2D eigenvalue weighted by atomic mass is 32.2. The van der Waals surface area contributed by atoms with Gasteiger partial charge in [0, 0.05) is 29.5 Å². The SMILES string of the molecule is CC(NC1CSCCC1(C)C)c1ccc(F)cc1F. The molecule has 1 aliphatic heterocycles. The molecule has 0 saturated carbocycles. The first-order valence-electron chi connectivity index (χ1n) is 6.69. The van der Waals surface area contributed by atoms with E-state index < -0.39 is 11.6 Å². The Labute approximate surface area is 118 Å². The number of nitrogens with one attached hydrogen (secondary N) is 1. The fourth-order valence-electron chi connectivity index (χ4n) is 2.45. The molecule has 1 saturated heterocycles. The summed E-state index contributed by atoms with van der Waals surface area (Å²) >= 11 is 1.93. The standard InChI is InChI=1S/C15H21F2NS/c1-10(12-5-4-11(16)8-13(12)17)18-14-9-19-7-6-15(14,2)3/h4-5,8,10,14,18H,6-7,9H2,1-3H3. The van der Waals surface area contributed by atoms with E-state index in [0.29, 0.717) is 11.6 Å². The first kappa shape index (κ1) is 14.8. The zero-order chi connectivity index (χ0) is 14.0. The minimum Gasteiger partial charge on any atom is -0.306 e. The summed E-state index contributed by atoms with van der Waals surface area (Å²) in [7, 11) is 0. The van der Waals surface area contributed by atoms with E-state index in [1.807, 2.05) is 18.7 Å². The number of hydrogen-bond donors (Lipinski definition) is 1. The van der Waals surface area contributed by atoms with Gasteiger partial charge >= 0.3 is 0 Å². The van der Waals surface area contributed by atoms with E-state index in [2.05, 4.69) is 19.2 Å². The molecule has 1 N–H and O–H groups in total. The van der Waals surface area contributed by atoms with Gasteiger partial charge in [-0.25, -0.2) is 8.78 Å². The summed E-state index contributed by atoms with van der Waals surface area (Å²) in [6.45, 7) is 6.43. The van der Waals surface area contributed by atoms with Gasteiger partial charge in [0.2, 0.25) is 0 Å². The monoisotopic (exact) mass is 285 g/mol. The largest absolute Gasteiger partial charge is 0.306 e. The Morgan fingerprint density at radius 1 is 1.37 bits per heavy atom. The Morgan fingerprint density at radius 2 is 2.11 bits per heavy atom. The third-order valence-electron chi connectivity index (χ3n) is 4.00. The van der Waals surface area contributed by atoms with Crippen molar-refractivity contribution in [3.8, 4) is 0 Å². The summed E-state index contributed by atoms with van der Waals surface area (Å²) in [5.41, 5.74) is 0.753. The van der Waals surface area contributed by atoms with Crippen LogP contribution in [0.25, 0.3) is 0 Å². The molecule has 0 radical (unpaired) electrons. The molecule has 1 heterocycles. The smallest absolute Gasteiger partial charge is 0.130 e. The highest BCUT2D eigenvalue weighted by Crippen LogP contribution is 2.35. The number of hydrogen-bond acceptors (Lipinski definition) is 2. The average molecular weight is 285 g/mol. The van der Waals surface area contributed by atoms with Crippen molar-refractivity contribution in [3.05, 3.63) is 35.4 Å². The molecule has 0 amide bonds. The van der Waals surface area contributed by atoms with Crippen LogP contribution in [0.4, 0.5) is 8.78 Å². The van der Waals surface area contributed by atoms with Crippen LogP contribution in [0.15, 0.2) is 18.2 Å². The van der Waals surface area contributed by atoms with Crippen LogP contribution in [0, 0.1) is 17.0 Å². The van der Waals surface area contributed by atoms with Crippen molar-refractivity contribution in [1.29, 1.82) is 0 Å². The van der Waals surface area contributed by atoms with Crippen molar-refractivity contribution >= 4 is 11.8 Å². The molecule has 1 aromatic carbocycles. The van der Waals surface area contributed by atoms with E-state index in [9.17, 15) is 8.78 Å². The van der Waals surface area contributed by atoms with Crippen LogP contribution in [0.2, 0.25) is 0 Å². The van der Waals surface area contributed by atoms with Crippen LogP contribution < -0.4 is 5.32 Å². The molecule has 4 heteroatoms. The topological polar surface area (TPSA) is 12.0 Å². The molecule has 1 fully saturated rings. The maximum absolute atomic E-state index is 13.8. The maximum atomic E-state index is 13.8. The van der Waals surface area contributed by atoms with E-state index in [1.54, 1.807) is 0 Å². The van der Waals surface area contributed by atoms with Crippen molar-refractivity contribution in [2.24, 2.45) is 5.41 Å². The highest BCUT2D eigenvalue weighted by molar-refractivity contribution is 7.99. The Balaban J connectivity index is 2.09. The zero-order valence-electron chi connectivity index (χ0n) is 11.7. The molecule has 19 heavy (non-hydrogen) atoms. The van der Waals surface area contributed by atoms with Crippen molar-refractivity contribution in [1.82, 2.24) is 5.32 Å². The summed E-state index contributed by atoms with van der Waals surface area (Å²) < 4.78 is 26.7. The van der Waals surface area contributed by atoms with E-state index in [1.165, 1.54) is 17.9 Å². The first-order valence-corrected chi connectivity index (χ1v) is 7.84. The van der Waals surface area contributed by atoms with Crippen LogP contribution in [0.1, 0.15) is 38.8 Å². The average Bonchev–Trinajstić information content (AvgIpc) is 2.31. The van der Waals surface area contributed by atoms with E-state index in [-0.39, 0.29) is 11.5 Å². The Morgan fingerprint density at radius 3 is 2.74 bits per heavy atom. The van der Waals surface area contributed by atoms with Crippen molar-refractivity contribution in [2.75, 3.05) is 11.5 Å². The Bertz CT molecular complexity index is 448. The lowest BCUT2D eigenvalue weighted by atomic mass is 9.81. The highest BCUT2D eigenvalue weighted by Gasteiger charge is 2.33. The third-order valence-corrected chi connectivity index (χ3v) is 5.06. The van der Waals surface area contributed by atoms with Crippen LogP contribution in [-0.2, 0) is 0 Å². The summed E-state index contributed by atoms with van der Waals surface area (Å²) in [6.07, 6.45) is 1.16. The van der Waals surface area contributed by atoms with Gasteiger partial charge in [-0.05, 0) is 30.6 Å². The second-order valence-electron chi connectivity index (χ2n) is 5.92. The normalized spacial score (nSPS) is 24.2. The second kappa shape index (κ2) is 5.80. The number of rotatable bonds is 3. The predicted molar refractivity (Wildman–Crippen MR) is 77.4 cm³/mol. The van der Waals surface area contributed by atoms with E-state index >= 15 is 0 Å². The first-order chi connectivity index (χ1) is 8.90. The fraction of sp³-hybridized carbons (Fsp3) is 0.600. The minimum absolute atomic E-state index is 0.108. The quantitative estimate of drug-likeness (QED) is 0.895. The summed E-state index contributed by atoms with van der Waals surface area (Å²) in [6, 6.07) is 4.05. The van der Waals surface area contributed by atoms with Gasteiger partial charge in [-0.1, -0.05) is 19.9 Å². The summed E-state index contributed by atoms with van der Waals surface area (Å²) in [4.78, 5) is 0. The van der Waals surface area contributed by atoms with Gasteiger partial charge in [-0.2, -0.15) is 11.8 Å². The molecule has 1 aromatic rings. The van der Waals surface area contributed by atoms with Crippen LogP contribution in [0.3, 0.4) is 0 Å². The molecule has 1 nitrogen and oxygen atoms in total.